The molecule has 1 heterocycles. The molecule has 0 fully saturated rings. The number of aryl methyl sites for hydroxylation is 1. The van der Waals surface area contributed by atoms with Crippen molar-refractivity contribution < 1.29 is 14.1 Å². The molecular formula is C17H13BrN2O3. The Morgan fingerprint density at radius 1 is 1.22 bits per heavy atom. The van der Waals surface area contributed by atoms with E-state index in [0.717, 1.165) is 15.6 Å². The Kier molecular flexibility index (Phi) is 4.52. The Hall–Kier alpha value is -2.47. The molecule has 5 nitrogen and oxygen atoms in total. The maximum atomic E-state index is 12.0. The van der Waals surface area contributed by atoms with Gasteiger partial charge in [-0.1, -0.05) is 57.0 Å². The predicted molar refractivity (Wildman–Crippen MR) is 87.7 cm³/mol. The summed E-state index contributed by atoms with van der Waals surface area (Å²) in [6.07, 6.45) is 0. The van der Waals surface area contributed by atoms with Crippen molar-refractivity contribution in [3.8, 4) is 11.4 Å². The SMILES string of the molecule is Cc1ccc(-c2noc(COC(=O)c3cccc(Br)c3)n2)cc1. The summed E-state index contributed by atoms with van der Waals surface area (Å²) >= 11 is 3.31. The number of carbonyl (C=O) groups excluding carboxylic acids is 1. The Morgan fingerprint density at radius 3 is 2.74 bits per heavy atom. The van der Waals surface area contributed by atoms with Crippen molar-refractivity contribution in [1.82, 2.24) is 10.1 Å². The number of esters is 1. The maximum absolute atomic E-state index is 12.0. The van der Waals surface area contributed by atoms with E-state index in [1.54, 1.807) is 18.2 Å². The minimum absolute atomic E-state index is 0.0653. The van der Waals surface area contributed by atoms with Crippen LogP contribution in [-0.4, -0.2) is 16.1 Å². The van der Waals surface area contributed by atoms with Crippen molar-refractivity contribution in [3.05, 3.63) is 70.0 Å². The second-order valence-corrected chi connectivity index (χ2v) is 5.88. The first-order valence-corrected chi connectivity index (χ1v) is 7.73. The third-order valence-corrected chi connectivity index (χ3v) is 3.66. The lowest BCUT2D eigenvalue weighted by Gasteiger charge is -2.02. The van der Waals surface area contributed by atoms with Crippen LogP contribution in [0.25, 0.3) is 11.4 Å². The number of rotatable bonds is 4. The largest absolute Gasteiger partial charge is 0.452 e. The second-order valence-electron chi connectivity index (χ2n) is 4.96. The number of carbonyl (C=O) groups is 1. The molecule has 0 spiro atoms. The van der Waals surface area contributed by atoms with Crippen molar-refractivity contribution in [1.29, 1.82) is 0 Å². The highest BCUT2D eigenvalue weighted by Crippen LogP contribution is 2.17. The molecule has 0 radical (unpaired) electrons. The van der Waals surface area contributed by atoms with Crippen LogP contribution in [0.5, 0.6) is 0 Å². The van der Waals surface area contributed by atoms with Crippen LogP contribution in [-0.2, 0) is 11.3 Å². The molecule has 3 rings (SSSR count). The maximum Gasteiger partial charge on any atom is 0.338 e. The molecule has 0 aliphatic rings. The number of nitrogens with zero attached hydrogens (tertiary/aromatic N) is 2. The molecule has 0 bridgehead atoms. The van der Waals surface area contributed by atoms with Gasteiger partial charge in [-0.3, -0.25) is 0 Å². The molecule has 23 heavy (non-hydrogen) atoms. The molecular weight excluding hydrogens is 360 g/mol. The lowest BCUT2D eigenvalue weighted by molar-refractivity contribution is 0.0429. The molecule has 0 atom stereocenters. The van der Waals surface area contributed by atoms with Crippen LogP contribution in [0.4, 0.5) is 0 Å². The molecule has 0 aliphatic heterocycles. The van der Waals surface area contributed by atoms with Crippen molar-refractivity contribution in [2.45, 2.75) is 13.5 Å². The monoisotopic (exact) mass is 372 g/mol. The fraction of sp³-hybridized carbons (Fsp3) is 0.118. The lowest BCUT2D eigenvalue weighted by Crippen LogP contribution is -2.05. The van der Waals surface area contributed by atoms with Crippen LogP contribution in [0, 0.1) is 6.92 Å². The van der Waals surface area contributed by atoms with Gasteiger partial charge in [0.15, 0.2) is 6.61 Å². The van der Waals surface area contributed by atoms with E-state index in [0.29, 0.717) is 11.4 Å². The van der Waals surface area contributed by atoms with E-state index in [1.807, 2.05) is 37.3 Å². The minimum atomic E-state index is -0.443. The van der Waals surface area contributed by atoms with Crippen molar-refractivity contribution in [2.24, 2.45) is 0 Å². The second kappa shape index (κ2) is 6.75. The van der Waals surface area contributed by atoms with Crippen LogP contribution in [0.1, 0.15) is 21.8 Å². The molecule has 1 aromatic heterocycles. The summed E-state index contributed by atoms with van der Waals surface area (Å²) in [7, 11) is 0. The summed E-state index contributed by atoms with van der Waals surface area (Å²) < 4.78 is 11.1. The standard InChI is InChI=1S/C17H13BrN2O3/c1-11-5-7-12(8-6-11)16-19-15(23-20-16)10-22-17(21)13-3-2-4-14(18)9-13/h2-9H,10H2,1H3. The van der Waals surface area contributed by atoms with Gasteiger partial charge in [-0.05, 0) is 25.1 Å². The van der Waals surface area contributed by atoms with Crippen molar-refractivity contribution >= 4 is 21.9 Å². The lowest BCUT2D eigenvalue weighted by atomic mass is 10.1. The summed E-state index contributed by atoms with van der Waals surface area (Å²) in [5, 5.41) is 3.90. The summed E-state index contributed by atoms with van der Waals surface area (Å²) in [6, 6.07) is 14.7. The Balaban J connectivity index is 1.65. The number of aromatic nitrogens is 2. The third kappa shape index (κ3) is 3.84. The van der Waals surface area contributed by atoms with Gasteiger partial charge < -0.3 is 9.26 Å². The summed E-state index contributed by atoms with van der Waals surface area (Å²) in [5.41, 5.74) is 2.46. The molecule has 3 aromatic rings. The summed E-state index contributed by atoms with van der Waals surface area (Å²) in [5.74, 6) is 0.281. The van der Waals surface area contributed by atoms with Gasteiger partial charge in [0.2, 0.25) is 5.82 Å². The zero-order valence-electron chi connectivity index (χ0n) is 12.3. The van der Waals surface area contributed by atoms with E-state index < -0.39 is 5.97 Å². The van der Waals surface area contributed by atoms with Gasteiger partial charge in [0.05, 0.1) is 5.56 Å². The number of halogens is 1. The molecule has 116 valence electrons. The third-order valence-electron chi connectivity index (χ3n) is 3.16. The molecule has 0 aliphatic carbocycles. The summed E-state index contributed by atoms with van der Waals surface area (Å²) in [4.78, 5) is 16.2. The van der Waals surface area contributed by atoms with Gasteiger partial charge >= 0.3 is 5.97 Å². The Morgan fingerprint density at radius 2 is 2.00 bits per heavy atom. The van der Waals surface area contributed by atoms with Gasteiger partial charge in [0.1, 0.15) is 0 Å². The van der Waals surface area contributed by atoms with Crippen LogP contribution >= 0.6 is 15.9 Å². The highest BCUT2D eigenvalue weighted by atomic mass is 79.9. The van der Waals surface area contributed by atoms with Crippen LogP contribution in [0.3, 0.4) is 0 Å². The topological polar surface area (TPSA) is 65.2 Å². The fourth-order valence-corrected chi connectivity index (χ4v) is 2.36. The van der Waals surface area contributed by atoms with Gasteiger partial charge in [0, 0.05) is 10.0 Å². The highest BCUT2D eigenvalue weighted by molar-refractivity contribution is 9.10. The van der Waals surface area contributed by atoms with Crippen LogP contribution < -0.4 is 0 Å². The zero-order chi connectivity index (χ0) is 16.2. The van der Waals surface area contributed by atoms with Crippen LogP contribution in [0.15, 0.2) is 57.5 Å². The molecule has 0 N–H and O–H groups in total. The number of benzene rings is 2. The quantitative estimate of drug-likeness (QED) is 0.643. The summed E-state index contributed by atoms with van der Waals surface area (Å²) in [6.45, 7) is 1.94. The number of ether oxygens (including phenoxy) is 1. The molecule has 0 unspecified atom stereocenters. The van der Waals surface area contributed by atoms with Gasteiger partial charge in [-0.25, -0.2) is 4.79 Å². The first-order chi connectivity index (χ1) is 11.1. The van der Waals surface area contributed by atoms with Gasteiger partial charge in [-0.15, -0.1) is 0 Å². The van der Waals surface area contributed by atoms with Gasteiger partial charge in [0.25, 0.3) is 5.89 Å². The molecule has 0 amide bonds. The molecule has 6 heteroatoms. The highest BCUT2D eigenvalue weighted by Gasteiger charge is 2.12. The number of hydrogen-bond acceptors (Lipinski definition) is 5. The molecule has 0 saturated carbocycles. The van der Waals surface area contributed by atoms with Crippen molar-refractivity contribution in [3.63, 3.8) is 0 Å². The molecule has 0 saturated heterocycles. The molecule has 2 aromatic carbocycles. The van der Waals surface area contributed by atoms with E-state index in [-0.39, 0.29) is 12.5 Å². The van der Waals surface area contributed by atoms with Crippen LogP contribution in [0.2, 0.25) is 0 Å². The van der Waals surface area contributed by atoms with E-state index in [4.69, 9.17) is 9.26 Å². The first-order valence-electron chi connectivity index (χ1n) is 6.94. The van der Waals surface area contributed by atoms with E-state index >= 15 is 0 Å². The number of hydrogen-bond donors (Lipinski definition) is 0. The Labute approximate surface area is 141 Å². The smallest absolute Gasteiger partial charge is 0.338 e. The normalized spacial score (nSPS) is 10.5. The average molecular weight is 373 g/mol. The zero-order valence-corrected chi connectivity index (χ0v) is 13.9. The van der Waals surface area contributed by atoms with E-state index in [9.17, 15) is 4.79 Å². The van der Waals surface area contributed by atoms with E-state index in [2.05, 4.69) is 26.1 Å². The van der Waals surface area contributed by atoms with Gasteiger partial charge in [-0.2, -0.15) is 4.98 Å². The van der Waals surface area contributed by atoms with E-state index in [1.165, 1.54) is 0 Å². The van der Waals surface area contributed by atoms with Crippen molar-refractivity contribution in [2.75, 3.05) is 0 Å². The average Bonchev–Trinajstić information content (AvgIpc) is 3.02. The fourth-order valence-electron chi connectivity index (χ4n) is 1.96. The predicted octanol–water partition coefficient (Wildman–Crippen LogP) is 4.16. The minimum Gasteiger partial charge on any atom is -0.452 e. The first kappa shape index (κ1) is 15.4. The Bertz CT molecular complexity index is 828.